The molecule has 0 fully saturated rings. The highest BCUT2D eigenvalue weighted by Gasteiger charge is 2.10. The molecule has 0 atom stereocenters. The van der Waals surface area contributed by atoms with Crippen LogP contribution in [0.2, 0.25) is 0 Å². The van der Waals surface area contributed by atoms with Crippen LogP contribution < -0.4 is 20.7 Å². The van der Waals surface area contributed by atoms with Gasteiger partial charge in [-0.1, -0.05) is 29.8 Å². The molecule has 8 heteroatoms. The Kier molecular flexibility index (Phi) is 7.16. The molecule has 3 N–H and O–H groups in total. The van der Waals surface area contributed by atoms with Crippen LogP contribution in [0.1, 0.15) is 22.5 Å². The van der Waals surface area contributed by atoms with Gasteiger partial charge in [0.15, 0.2) is 0 Å². The predicted molar refractivity (Wildman–Crippen MR) is 123 cm³/mol. The molecule has 0 radical (unpaired) electrons. The second-order valence-electron chi connectivity index (χ2n) is 7.06. The van der Waals surface area contributed by atoms with Gasteiger partial charge in [0.2, 0.25) is 11.9 Å². The molecule has 0 aliphatic rings. The number of carbonyl (C=O) groups excluding carboxylic acids is 1. The Morgan fingerprint density at radius 2 is 1.68 bits per heavy atom. The standard InChI is InChI=1S/C23H26N6O2/c1-15-8-10-19(11-9-15)27-23(30)29-21(28-22-25-16(2)12-17(3)26-22)24-14-18-6-5-7-20(13-18)31-4/h5-13H,14H2,1-4H3,(H3,24,25,26,27,28,29,30). The summed E-state index contributed by atoms with van der Waals surface area (Å²) in [6.45, 7) is 6.07. The Morgan fingerprint density at radius 3 is 2.35 bits per heavy atom. The summed E-state index contributed by atoms with van der Waals surface area (Å²) < 4.78 is 5.26. The van der Waals surface area contributed by atoms with Gasteiger partial charge in [-0.05, 0) is 56.7 Å². The number of anilines is 2. The number of aromatic nitrogens is 2. The van der Waals surface area contributed by atoms with Gasteiger partial charge in [-0.3, -0.25) is 10.6 Å². The zero-order chi connectivity index (χ0) is 22.2. The lowest BCUT2D eigenvalue weighted by atomic mass is 10.2. The maximum absolute atomic E-state index is 12.5. The molecule has 0 saturated heterocycles. The molecule has 1 heterocycles. The Morgan fingerprint density at radius 1 is 0.968 bits per heavy atom. The second-order valence-corrected chi connectivity index (χ2v) is 7.06. The molecule has 0 unspecified atom stereocenters. The van der Waals surface area contributed by atoms with E-state index < -0.39 is 6.03 Å². The number of methoxy groups -OCH3 is 1. The van der Waals surface area contributed by atoms with E-state index in [0.717, 1.165) is 28.3 Å². The largest absolute Gasteiger partial charge is 0.497 e. The first-order chi connectivity index (χ1) is 14.9. The molecule has 0 spiro atoms. The van der Waals surface area contributed by atoms with Crippen LogP contribution in [-0.2, 0) is 6.54 Å². The minimum Gasteiger partial charge on any atom is -0.497 e. The molecule has 8 nitrogen and oxygen atoms in total. The van der Waals surface area contributed by atoms with Gasteiger partial charge in [0.25, 0.3) is 0 Å². The van der Waals surface area contributed by atoms with Crippen LogP contribution in [0.3, 0.4) is 0 Å². The van der Waals surface area contributed by atoms with Crippen LogP contribution in [-0.4, -0.2) is 29.1 Å². The molecule has 2 aromatic carbocycles. The van der Waals surface area contributed by atoms with Crippen molar-refractivity contribution in [2.24, 2.45) is 4.99 Å². The van der Waals surface area contributed by atoms with Crippen molar-refractivity contribution in [2.75, 3.05) is 17.7 Å². The lowest BCUT2D eigenvalue weighted by Gasteiger charge is -2.13. The molecule has 160 valence electrons. The minimum absolute atomic E-state index is 0.234. The SMILES string of the molecule is COc1cccc(CN=C(NC(=O)Nc2ccc(C)cc2)Nc2nc(C)cc(C)n2)c1. The van der Waals surface area contributed by atoms with Gasteiger partial charge in [0.1, 0.15) is 5.75 Å². The zero-order valence-corrected chi connectivity index (χ0v) is 18.1. The number of hydrogen-bond acceptors (Lipinski definition) is 5. The summed E-state index contributed by atoms with van der Waals surface area (Å²) >= 11 is 0. The van der Waals surface area contributed by atoms with Crippen molar-refractivity contribution in [1.29, 1.82) is 0 Å². The second kappa shape index (κ2) is 10.2. The first kappa shape index (κ1) is 21.8. The summed E-state index contributed by atoms with van der Waals surface area (Å²) in [5.41, 5.74) is 4.34. The number of amides is 2. The van der Waals surface area contributed by atoms with E-state index in [0.29, 0.717) is 18.2 Å². The van der Waals surface area contributed by atoms with Crippen LogP contribution in [0.15, 0.2) is 59.6 Å². The number of aliphatic imine (C=N–C) groups is 1. The van der Waals surface area contributed by atoms with E-state index in [-0.39, 0.29) is 5.96 Å². The fourth-order valence-corrected chi connectivity index (χ4v) is 2.85. The number of aryl methyl sites for hydroxylation is 3. The first-order valence-corrected chi connectivity index (χ1v) is 9.82. The van der Waals surface area contributed by atoms with Crippen LogP contribution in [0, 0.1) is 20.8 Å². The lowest BCUT2D eigenvalue weighted by Crippen LogP contribution is -2.39. The van der Waals surface area contributed by atoms with E-state index in [2.05, 4.69) is 30.9 Å². The molecule has 0 bridgehead atoms. The number of urea groups is 1. The molecule has 0 aliphatic heterocycles. The molecule has 2 amide bonds. The van der Waals surface area contributed by atoms with Crippen molar-refractivity contribution in [3.63, 3.8) is 0 Å². The van der Waals surface area contributed by atoms with Crippen LogP contribution in [0.25, 0.3) is 0 Å². The van der Waals surface area contributed by atoms with Crippen molar-refractivity contribution in [2.45, 2.75) is 27.3 Å². The fourth-order valence-electron chi connectivity index (χ4n) is 2.85. The van der Waals surface area contributed by atoms with Gasteiger partial charge >= 0.3 is 6.03 Å². The van der Waals surface area contributed by atoms with Crippen LogP contribution in [0.5, 0.6) is 5.75 Å². The maximum Gasteiger partial charge on any atom is 0.326 e. The van der Waals surface area contributed by atoms with Gasteiger partial charge in [-0.25, -0.2) is 19.8 Å². The van der Waals surface area contributed by atoms with Gasteiger partial charge < -0.3 is 10.1 Å². The number of rotatable bonds is 5. The highest BCUT2D eigenvalue weighted by atomic mass is 16.5. The van der Waals surface area contributed by atoms with Crippen molar-refractivity contribution in [1.82, 2.24) is 15.3 Å². The quantitative estimate of drug-likeness (QED) is 0.426. The Bertz CT molecular complexity index is 1060. The average molecular weight is 419 g/mol. The maximum atomic E-state index is 12.5. The third-order valence-corrected chi connectivity index (χ3v) is 4.31. The highest BCUT2D eigenvalue weighted by Crippen LogP contribution is 2.13. The normalized spacial score (nSPS) is 11.0. The van der Waals surface area contributed by atoms with E-state index >= 15 is 0 Å². The number of carbonyl (C=O) groups is 1. The molecule has 31 heavy (non-hydrogen) atoms. The molecule has 3 aromatic rings. The predicted octanol–water partition coefficient (Wildman–Crippen LogP) is 4.20. The van der Waals surface area contributed by atoms with E-state index in [1.165, 1.54) is 0 Å². The molecule has 3 rings (SSSR count). The summed E-state index contributed by atoms with van der Waals surface area (Å²) in [5, 5.41) is 8.55. The lowest BCUT2D eigenvalue weighted by molar-refractivity contribution is 0.256. The minimum atomic E-state index is -0.426. The number of benzene rings is 2. The third-order valence-electron chi connectivity index (χ3n) is 4.31. The highest BCUT2D eigenvalue weighted by molar-refractivity contribution is 6.07. The molecule has 0 saturated carbocycles. The Balaban J connectivity index is 1.78. The summed E-state index contributed by atoms with van der Waals surface area (Å²) in [6, 6.07) is 16.5. The smallest absolute Gasteiger partial charge is 0.326 e. The molecule has 0 aliphatic carbocycles. The number of guanidine groups is 1. The fraction of sp³-hybridized carbons (Fsp3) is 0.217. The van der Waals surface area contributed by atoms with E-state index in [4.69, 9.17) is 4.74 Å². The van der Waals surface area contributed by atoms with E-state index in [9.17, 15) is 4.79 Å². The van der Waals surface area contributed by atoms with Crippen LogP contribution in [0.4, 0.5) is 16.4 Å². The summed E-state index contributed by atoms with van der Waals surface area (Å²) in [5.74, 6) is 1.33. The average Bonchev–Trinajstić information content (AvgIpc) is 2.73. The van der Waals surface area contributed by atoms with E-state index in [1.54, 1.807) is 7.11 Å². The van der Waals surface area contributed by atoms with Gasteiger partial charge in [0, 0.05) is 17.1 Å². The van der Waals surface area contributed by atoms with Gasteiger partial charge in [-0.15, -0.1) is 0 Å². The van der Waals surface area contributed by atoms with Gasteiger partial charge in [0.05, 0.1) is 13.7 Å². The van der Waals surface area contributed by atoms with Crippen molar-refractivity contribution >= 4 is 23.6 Å². The van der Waals surface area contributed by atoms with Crippen LogP contribution >= 0.6 is 0 Å². The van der Waals surface area contributed by atoms with Gasteiger partial charge in [-0.2, -0.15) is 0 Å². The summed E-state index contributed by atoms with van der Waals surface area (Å²) in [6.07, 6.45) is 0. The van der Waals surface area contributed by atoms with E-state index in [1.807, 2.05) is 75.4 Å². The molecule has 1 aromatic heterocycles. The van der Waals surface area contributed by atoms with Crippen molar-refractivity contribution in [3.05, 3.63) is 77.1 Å². The zero-order valence-electron chi connectivity index (χ0n) is 18.1. The van der Waals surface area contributed by atoms with Crippen molar-refractivity contribution < 1.29 is 9.53 Å². The topological polar surface area (TPSA) is 101 Å². The summed E-state index contributed by atoms with van der Waals surface area (Å²) in [7, 11) is 1.61. The Labute approximate surface area is 181 Å². The number of ether oxygens (including phenoxy) is 1. The Hall–Kier alpha value is -3.94. The molecular formula is C23H26N6O2. The molecular weight excluding hydrogens is 392 g/mol. The monoisotopic (exact) mass is 418 g/mol. The van der Waals surface area contributed by atoms with Crippen molar-refractivity contribution in [3.8, 4) is 5.75 Å². The number of hydrogen-bond donors (Lipinski definition) is 3. The number of nitrogens with one attached hydrogen (secondary N) is 3. The summed E-state index contributed by atoms with van der Waals surface area (Å²) in [4.78, 5) is 25.8. The number of nitrogens with zero attached hydrogens (tertiary/aromatic N) is 3. The first-order valence-electron chi connectivity index (χ1n) is 9.82. The third kappa shape index (κ3) is 6.81.